The van der Waals surface area contributed by atoms with E-state index < -0.39 is 0 Å². The third-order valence-electron chi connectivity index (χ3n) is 3.72. The van der Waals surface area contributed by atoms with Crippen molar-refractivity contribution in [3.05, 3.63) is 34.9 Å². The summed E-state index contributed by atoms with van der Waals surface area (Å²) in [6, 6.07) is 10.1. The number of hydrogen-bond acceptors (Lipinski definition) is 4. The van der Waals surface area contributed by atoms with E-state index in [1.54, 1.807) is 0 Å². The van der Waals surface area contributed by atoms with Crippen LogP contribution in [-0.2, 0) is 4.74 Å². The first-order chi connectivity index (χ1) is 9.65. The first-order valence-electron chi connectivity index (χ1n) is 6.92. The Kier molecular flexibility index (Phi) is 5.38. The van der Waals surface area contributed by atoms with E-state index in [-0.39, 0.29) is 18.2 Å². The molecule has 0 bridgehead atoms. The van der Waals surface area contributed by atoms with Crippen LogP contribution in [0, 0.1) is 11.3 Å². The first-order valence-corrected chi connectivity index (χ1v) is 7.29. The van der Waals surface area contributed by atoms with E-state index in [0.29, 0.717) is 13.2 Å². The second-order valence-electron chi connectivity index (χ2n) is 5.05. The average molecular weight is 294 g/mol. The summed E-state index contributed by atoms with van der Waals surface area (Å²) >= 11 is 5.95. The van der Waals surface area contributed by atoms with Crippen LogP contribution < -0.4 is 5.73 Å². The van der Waals surface area contributed by atoms with Crippen molar-refractivity contribution in [2.24, 2.45) is 5.73 Å². The van der Waals surface area contributed by atoms with Gasteiger partial charge >= 0.3 is 0 Å². The number of hydrogen-bond donors (Lipinski definition) is 1. The van der Waals surface area contributed by atoms with Crippen LogP contribution in [0.2, 0.25) is 5.02 Å². The van der Waals surface area contributed by atoms with Crippen molar-refractivity contribution in [1.82, 2.24) is 4.90 Å². The number of ether oxygens (including phenoxy) is 1. The van der Waals surface area contributed by atoms with Crippen molar-refractivity contribution in [1.29, 1.82) is 5.26 Å². The Balaban J connectivity index is 2.23. The maximum Gasteiger partial charge on any atom is 0.156 e. The van der Waals surface area contributed by atoms with Gasteiger partial charge in [0.2, 0.25) is 0 Å². The standard InChI is InChI=1S/C15H20ClN3O/c1-2-14(18)15(11-3-5-12(16)6-4-11)19-7-8-20-13(9-17)10-19/h3-6,13-15H,2,7-8,10,18H2,1H3. The molecule has 108 valence electrons. The predicted molar refractivity (Wildman–Crippen MR) is 79.4 cm³/mol. The molecule has 0 aromatic heterocycles. The van der Waals surface area contributed by atoms with E-state index in [1.807, 2.05) is 24.3 Å². The van der Waals surface area contributed by atoms with E-state index >= 15 is 0 Å². The maximum atomic E-state index is 9.04. The molecule has 0 aliphatic carbocycles. The van der Waals surface area contributed by atoms with Gasteiger partial charge in [0.15, 0.2) is 6.10 Å². The Morgan fingerprint density at radius 1 is 1.50 bits per heavy atom. The zero-order valence-corrected chi connectivity index (χ0v) is 12.4. The molecule has 2 rings (SSSR count). The molecule has 1 aliphatic heterocycles. The minimum absolute atomic E-state index is 0.0219. The Labute approximate surface area is 125 Å². The van der Waals surface area contributed by atoms with E-state index in [0.717, 1.165) is 23.6 Å². The van der Waals surface area contributed by atoms with E-state index in [1.165, 1.54) is 0 Å². The molecule has 4 nitrogen and oxygen atoms in total. The molecule has 1 fully saturated rings. The molecule has 1 aromatic carbocycles. The molecule has 1 saturated heterocycles. The summed E-state index contributed by atoms with van der Waals surface area (Å²) in [4.78, 5) is 2.24. The highest BCUT2D eigenvalue weighted by Crippen LogP contribution is 2.28. The zero-order chi connectivity index (χ0) is 14.5. The number of benzene rings is 1. The van der Waals surface area contributed by atoms with Crippen LogP contribution in [-0.4, -0.2) is 36.7 Å². The van der Waals surface area contributed by atoms with Gasteiger partial charge < -0.3 is 10.5 Å². The third-order valence-corrected chi connectivity index (χ3v) is 3.98. The number of halogens is 1. The van der Waals surface area contributed by atoms with Crippen LogP contribution in [0.3, 0.4) is 0 Å². The van der Waals surface area contributed by atoms with Gasteiger partial charge in [0.25, 0.3) is 0 Å². The fraction of sp³-hybridized carbons (Fsp3) is 0.533. The summed E-state index contributed by atoms with van der Waals surface area (Å²) in [6.07, 6.45) is 0.504. The van der Waals surface area contributed by atoms with Crippen molar-refractivity contribution in [2.75, 3.05) is 19.7 Å². The van der Waals surface area contributed by atoms with Crippen LogP contribution >= 0.6 is 11.6 Å². The Morgan fingerprint density at radius 3 is 2.80 bits per heavy atom. The van der Waals surface area contributed by atoms with Crippen LogP contribution in [0.5, 0.6) is 0 Å². The molecular weight excluding hydrogens is 274 g/mol. The molecule has 0 amide bonds. The summed E-state index contributed by atoms with van der Waals surface area (Å²) in [5, 5.41) is 9.76. The zero-order valence-electron chi connectivity index (χ0n) is 11.6. The van der Waals surface area contributed by atoms with Crippen LogP contribution in [0.4, 0.5) is 0 Å². The molecule has 5 heteroatoms. The summed E-state index contributed by atoms with van der Waals surface area (Å²) < 4.78 is 5.41. The minimum atomic E-state index is -0.373. The third kappa shape index (κ3) is 3.50. The van der Waals surface area contributed by atoms with Gasteiger partial charge in [-0.3, -0.25) is 4.90 Å². The summed E-state index contributed by atoms with van der Waals surface area (Å²) in [7, 11) is 0. The Morgan fingerprint density at radius 2 is 2.20 bits per heavy atom. The number of nitrogens with two attached hydrogens (primary N) is 1. The molecule has 1 aliphatic rings. The van der Waals surface area contributed by atoms with Gasteiger partial charge in [-0.15, -0.1) is 0 Å². The number of rotatable bonds is 4. The van der Waals surface area contributed by atoms with Gasteiger partial charge in [0, 0.05) is 24.2 Å². The topological polar surface area (TPSA) is 62.3 Å². The highest BCUT2D eigenvalue weighted by atomic mass is 35.5. The van der Waals surface area contributed by atoms with Gasteiger partial charge in [-0.2, -0.15) is 5.26 Å². The lowest BCUT2D eigenvalue weighted by Gasteiger charge is -2.39. The van der Waals surface area contributed by atoms with Crippen LogP contribution in [0.1, 0.15) is 24.9 Å². The quantitative estimate of drug-likeness (QED) is 0.925. The molecule has 0 radical (unpaired) electrons. The minimum Gasteiger partial charge on any atom is -0.361 e. The maximum absolute atomic E-state index is 9.04. The monoisotopic (exact) mass is 293 g/mol. The lowest BCUT2D eigenvalue weighted by molar-refractivity contribution is -0.0222. The van der Waals surface area contributed by atoms with Crippen molar-refractivity contribution in [3.8, 4) is 6.07 Å². The molecule has 1 heterocycles. The fourth-order valence-electron chi connectivity index (χ4n) is 2.61. The molecular formula is C15H20ClN3O. The van der Waals surface area contributed by atoms with Gasteiger partial charge in [0.05, 0.1) is 18.7 Å². The highest BCUT2D eigenvalue weighted by Gasteiger charge is 2.30. The van der Waals surface area contributed by atoms with E-state index in [4.69, 9.17) is 27.3 Å². The van der Waals surface area contributed by atoms with Crippen LogP contribution in [0.25, 0.3) is 0 Å². The van der Waals surface area contributed by atoms with E-state index in [9.17, 15) is 0 Å². The molecule has 3 unspecified atom stereocenters. The second kappa shape index (κ2) is 7.05. The smallest absolute Gasteiger partial charge is 0.156 e. The van der Waals surface area contributed by atoms with Crippen molar-refractivity contribution in [2.45, 2.75) is 31.5 Å². The molecule has 2 N–H and O–H groups in total. The van der Waals surface area contributed by atoms with E-state index in [2.05, 4.69) is 17.9 Å². The fourth-order valence-corrected chi connectivity index (χ4v) is 2.74. The number of nitriles is 1. The van der Waals surface area contributed by atoms with Crippen molar-refractivity contribution in [3.63, 3.8) is 0 Å². The summed E-state index contributed by atoms with van der Waals surface area (Å²) in [6.45, 7) is 4.03. The normalized spacial score (nSPS) is 23.0. The second-order valence-corrected chi connectivity index (χ2v) is 5.49. The lowest BCUT2D eigenvalue weighted by atomic mass is 9.95. The lowest BCUT2D eigenvalue weighted by Crippen LogP contribution is -2.49. The Bertz CT molecular complexity index is 471. The summed E-state index contributed by atoms with van der Waals surface area (Å²) in [5.41, 5.74) is 7.45. The Hall–Kier alpha value is -1.12. The molecule has 0 saturated carbocycles. The molecule has 1 aromatic rings. The van der Waals surface area contributed by atoms with Gasteiger partial charge in [-0.25, -0.2) is 0 Å². The van der Waals surface area contributed by atoms with Crippen molar-refractivity contribution >= 4 is 11.6 Å². The molecule has 20 heavy (non-hydrogen) atoms. The average Bonchev–Trinajstić information content (AvgIpc) is 2.49. The molecule has 0 spiro atoms. The number of morpholine rings is 1. The van der Waals surface area contributed by atoms with Gasteiger partial charge in [-0.05, 0) is 24.1 Å². The summed E-state index contributed by atoms with van der Waals surface area (Å²) in [5.74, 6) is 0. The van der Waals surface area contributed by atoms with Crippen molar-refractivity contribution < 1.29 is 4.74 Å². The largest absolute Gasteiger partial charge is 0.361 e. The SMILES string of the molecule is CCC(N)C(c1ccc(Cl)cc1)N1CCOC(C#N)C1. The van der Waals surface area contributed by atoms with Crippen LogP contribution in [0.15, 0.2) is 24.3 Å². The van der Waals surface area contributed by atoms with Gasteiger partial charge in [-0.1, -0.05) is 30.7 Å². The number of nitrogens with zero attached hydrogens (tertiary/aromatic N) is 2. The predicted octanol–water partition coefficient (Wildman–Crippen LogP) is 2.34. The molecule has 3 atom stereocenters. The first kappa shape index (κ1) is 15.3. The van der Waals surface area contributed by atoms with Gasteiger partial charge in [0.1, 0.15) is 0 Å². The highest BCUT2D eigenvalue weighted by molar-refractivity contribution is 6.30.